The van der Waals surface area contributed by atoms with Crippen molar-refractivity contribution in [1.29, 1.82) is 0 Å². The minimum Gasteiger partial charge on any atom is -0.313 e. The molecule has 0 saturated heterocycles. The normalized spacial score (nSPS) is 13.6. The lowest BCUT2D eigenvalue weighted by molar-refractivity contribution is 0.588. The zero-order valence-corrected chi connectivity index (χ0v) is 12.8. The SMILES string of the molecule is CC(Cl)CCCNCc1ccc(C(C)(C)C)cc1. The minimum absolute atomic E-state index is 0.239. The van der Waals surface area contributed by atoms with Crippen LogP contribution in [-0.2, 0) is 12.0 Å². The van der Waals surface area contributed by atoms with Crippen molar-refractivity contribution >= 4 is 11.6 Å². The second kappa shape index (κ2) is 7.16. The molecule has 2 heteroatoms. The molecule has 1 unspecified atom stereocenters. The molecule has 0 saturated carbocycles. The Kier molecular flexibility index (Phi) is 6.17. The summed E-state index contributed by atoms with van der Waals surface area (Å²) >= 11 is 5.91. The first kappa shape index (κ1) is 15.5. The second-order valence-electron chi connectivity index (χ2n) is 6.05. The standard InChI is InChI=1S/C16H26ClN/c1-13(17)6-5-11-18-12-14-7-9-15(10-8-14)16(2,3)4/h7-10,13,18H,5-6,11-12H2,1-4H3. The molecular weight excluding hydrogens is 242 g/mol. The van der Waals surface area contributed by atoms with Gasteiger partial charge in [0.25, 0.3) is 0 Å². The Labute approximate surface area is 117 Å². The van der Waals surface area contributed by atoms with Gasteiger partial charge in [-0.25, -0.2) is 0 Å². The van der Waals surface area contributed by atoms with Crippen LogP contribution in [0.4, 0.5) is 0 Å². The largest absolute Gasteiger partial charge is 0.313 e. The lowest BCUT2D eigenvalue weighted by atomic mass is 9.87. The van der Waals surface area contributed by atoms with Crippen LogP contribution in [0.5, 0.6) is 0 Å². The molecule has 18 heavy (non-hydrogen) atoms. The van der Waals surface area contributed by atoms with E-state index in [-0.39, 0.29) is 10.8 Å². The van der Waals surface area contributed by atoms with Crippen LogP contribution in [0.1, 0.15) is 51.7 Å². The van der Waals surface area contributed by atoms with Gasteiger partial charge in [-0.1, -0.05) is 45.0 Å². The Morgan fingerprint density at radius 1 is 1.17 bits per heavy atom. The Balaban J connectivity index is 2.31. The molecule has 0 aromatic heterocycles. The molecule has 0 radical (unpaired) electrons. The summed E-state index contributed by atoms with van der Waals surface area (Å²) in [6.45, 7) is 10.8. The molecule has 102 valence electrons. The van der Waals surface area contributed by atoms with Crippen molar-refractivity contribution in [2.75, 3.05) is 6.54 Å². The molecule has 1 rings (SSSR count). The molecule has 1 nitrogen and oxygen atoms in total. The molecule has 0 fully saturated rings. The van der Waals surface area contributed by atoms with Crippen LogP contribution in [0.2, 0.25) is 0 Å². The summed E-state index contributed by atoms with van der Waals surface area (Å²) in [6, 6.07) is 8.91. The van der Waals surface area contributed by atoms with Gasteiger partial charge in [-0.3, -0.25) is 0 Å². The lowest BCUT2D eigenvalue weighted by Crippen LogP contribution is -2.16. The van der Waals surface area contributed by atoms with Crippen molar-refractivity contribution in [2.45, 2.75) is 57.9 Å². The van der Waals surface area contributed by atoms with Crippen molar-refractivity contribution in [3.63, 3.8) is 0 Å². The van der Waals surface area contributed by atoms with Crippen molar-refractivity contribution in [3.05, 3.63) is 35.4 Å². The fraction of sp³-hybridized carbons (Fsp3) is 0.625. The minimum atomic E-state index is 0.239. The van der Waals surface area contributed by atoms with Gasteiger partial charge in [0.15, 0.2) is 0 Å². The zero-order chi connectivity index (χ0) is 13.6. The first-order chi connectivity index (χ1) is 8.39. The van der Waals surface area contributed by atoms with Crippen LogP contribution >= 0.6 is 11.6 Å². The third kappa shape index (κ3) is 5.88. The van der Waals surface area contributed by atoms with Gasteiger partial charge >= 0.3 is 0 Å². The van der Waals surface area contributed by atoms with Gasteiger partial charge in [0.1, 0.15) is 0 Å². The Hall–Kier alpha value is -0.530. The number of benzene rings is 1. The Bertz CT molecular complexity index is 335. The summed E-state index contributed by atoms with van der Waals surface area (Å²) in [5.41, 5.74) is 2.98. The van der Waals surface area contributed by atoms with E-state index in [0.29, 0.717) is 0 Å². The summed E-state index contributed by atoms with van der Waals surface area (Å²) in [5, 5.41) is 3.75. The summed E-state index contributed by atoms with van der Waals surface area (Å²) in [6.07, 6.45) is 2.22. The van der Waals surface area contributed by atoms with E-state index in [9.17, 15) is 0 Å². The summed E-state index contributed by atoms with van der Waals surface area (Å²) in [7, 11) is 0. The average molecular weight is 268 g/mol. The van der Waals surface area contributed by atoms with Gasteiger partial charge < -0.3 is 5.32 Å². The van der Waals surface area contributed by atoms with E-state index in [1.54, 1.807) is 0 Å². The highest BCUT2D eigenvalue weighted by atomic mass is 35.5. The number of alkyl halides is 1. The quantitative estimate of drug-likeness (QED) is 0.592. The third-order valence-corrected chi connectivity index (χ3v) is 3.32. The van der Waals surface area contributed by atoms with Gasteiger partial charge in [0.2, 0.25) is 0 Å². The van der Waals surface area contributed by atoms with Crippen molar-refractivity contribution in [1.82, 2.24) is 5.32 Å². The van der Waals surface area contributed by atoms with E-state index in [0.717, 1.165) is 25.9 Å². The predicted octanol–water partition coefficient (Wildman–Crippen LogP) is 4.48. The lowest BCUT2D eigenvalue weighted by Gasteiger charge is -2.19. The Morgan fingerprint density at radius 3 is 2.28 bits per heavy atom. The van der Waals surface area contributed by atoms with E-state index in [1.165, 1.54) is 11.1 Å². The first-order valence-corrected chi connectivity index (χ1v) is 7.27. The Morgan fingerprint density at radius 2 is 1.78 bits per heavy atom. The van der Waals surface area contributed by atoms with E-state index >= 15 is 0 Å². The second-order valence-corrected chi connectivity index (χ2v) is 6.79. The van der Waals surface area contributed by atoms with Gasteiger partial charge in [0, 0.05) is 11.9 Å². The summed E-state index contributed by atoms with van der Waals surface area (Å²) in [5.74, 6) is 0. The highest BCUT2D eigenvalue weighted by Crippen LogP contribution is 2.22. The summed E-state index contributed by atoms with van der Waals surface area (Å²) < 4.78 is 0. The number of hydrogen-bond donors (Lipinski definition) is 1. The summed E-state index contributed by atoms with van der Waals surface area (Å²) in [4.78, 5) is 0. The smallest absolute Gasteiger partial charge is 0.0308 e. The van der Waals surface area contributed by atoms with Crippen LogP contribution in [0.15, 0.2) is 24.3 Å². The van der Waals surface area contributed by atoms with Crippen molar-refractivity contribution in [2.24, 2.45) is 0 Å². The fourth-order valence-corrected chi connectivity index (χ4v) is 2.02. The molecule has 0 aliphatic rings. The molecule has 0 amide bonds. The number of rotatable bonds is 6. The maximum atomic E-state index is 5.91. The monoisotopic (exact) mass is 267 g/mol. The van der Waals surface area contributed by atoms with Crippen molar-refractivity contribution in [3.8, 4) is 0 Å². The van der Waals surface area contributed by atoms with E-state index in [4.69, 9.17) is 11.6 Å². The van der Waals surface area contributed by atoms with Gasteiger partial charge in [-0.15, -0.1) is 11.6 Å². The number of hydrogen-bond acceptors (Lipinski definition) is 1. The van der Waals surface area contributed by atoms with Gasteiger partial charge in [0.05, 0.1) is 0 Å². The molecule has 0 aliphatic carbocycles. The molecule has 0 bridgehead atoms. The van der Waals surface area contributed by atoms with E-state index < -0.39 is 0 Å². The molecule has 1 atom stereocenters. The van der Waals surface area contributed by atoms with Crippen molar-refractivity contribution < 1.29 is 0 Å². The van der Waals surface area contributed by atoms with E-state index in [1.807, 2.05) is 6.92 Å². The van der Waals surface area contributed by atoms with Crippen LogP contribution in [0, 0.1) is 0 Å². The number of halogens is 1. The fourth-order valence-electron chi connectivity index (χ4n) is 1.86. The zero-order valence-electron chi connectivity index (χ0n) is 12.1. The van der Waals surface area contributed by atoms with Crippen LogP contribution in [-0.4, -0.2) is 11.9 Å². The molecule has 1 N–H and O–H groups in total. The molecule has 0 spiro atoms. The molecular formula is C16H26ClN. The molecule has 0 aliphatic heterocycles. The third-order valence-electron chi connectivity index (χ3n) is 3.10. The van der Waals surface area contributed by atoms with Gasteiger partial charge in [-0.05, 0) is 42.9 Å². The van der Waals surface area contributed by atoms with E-state index in [2.05, 4.69) is 50.4 Å². The molecule has 1 aromatic carbocycles. The van der Waals surface area contributed by atoms with Gasteiger partial charge in [-0.2, -0.15) is 0 Å². The highest BCUT2D eigenvalue weighted by molar-refractivity contribution is 6.20. The maximum absolute atomic E-state index is 5.91. The van der Waals surface area contributed by atoms with Crippen LogP contribution in [0.3, 0.4) is 0 Å². The first-order valence-electron chi connectivity index (χ1n) is 6.84. The molecule has 0 heterocycles. The topological polar surface area (TPSA) is 12.0 Å². The maximum Gasteiger partial charge on any atom is 0.0308 e. The average Bonchev–Trinajstić information content (AvgIpc) is 2.27. The van der Waals surface area contributed by atoms with Crippen LogP contribution < -0.4 is 5.32 Å². The molecule has 1 aromatic rings. The number of nitrogens with one attached hydrogen (secondary N) is 1. The predicted molar refractivity (Wildman–Crippen MR) is 81.4 cm³/mol. The van der Waals surface area contributed by atoms with Crippen LogP contribution in [0.25, 0.3) is 0 Å². The highest BCUT2D eigenvalue weighted by Gasteiger charge is 2.12.